The number of thioether (sulfide) groups is 1. The van der Waals surface area contributed by atoms with Crippen LogP contribution in [0.15, 0.2) is 62.0 Å². The van der Waals surface area contributed by atoms with Gasteiger partial charge in [0.1, 0.15) is 21.6 Å². The van der Waals surface area contributed by atoms with Crippen molar-refractivity contribution < 1.29 is 41.4 Å². The zero-order chi connectivity index (χ0) is 38.0. The van der Waals surface area contributed by atoms with Gasteiger partial charge in [0.2, 0.25) is 16.6 Å². The highest BCUT2D eigenvalue weighted by Crippen LogP contribution is 2.33. The van der Waals surface area contributed by atoms with Crippen molar-refractivity contribution in [2.75, 3.05) is 31.9 Å². The lowest BCUT2D eigenvalue weighted by molar-refractivity contribution is -0.137. The van der Waals surface area contributed by atoms with E-state index in [1.54, 1.807) is 21.0 Å². The lowest BCUT2D eigenvalue weighted by atomic mass is 10.2. The number of urea groups is 1. The minimum Gasteiger partial charge on any atom is -0.481 e. The van der Waals surface area contributed by atoms with Gasteiger partial charge in [-0.2, -0.15) is 4.98 Å². The molecule has 1 aliphatic heterocycles. The Morgan fingerprint density at radius 1 is 1.08 bits per heavy atom. The number of benzene rings is 2. The summed E-state index contributed by atoms with van der Waals surface area (Å²) in [6.07, 6.45) is 1.90. The second-order valence-electron chi connectivity index (χ2n) is 10.1. The fourth-order valence-corrected chi connectivity index (χ4v) is 7.64. The van der Waals surface area contributed by atoms with Gasteiger partial charge in [0, 0.05) is 24.1 Å². The molecule has 0 saturated heterocycles. The lowest BCUT2D eigenvalue weighted by Crippen LogP contribution is -2.35. The number of ether oxygens (including phenoxy) is 3. The highest BCUT2D eigenvalue weighted by Gasteiger charge is 2.25. The van der Waals surface area contributed by atoms with Crippen LogP contribution in [0.25, 0.3) is 0 Å². The van der Waals surface area contributed by atoms with E-state index in [9.17, 15) is 32.0 Å². The molecule has 3 heterocycles. The molecule has 4 aromatic rings. The summed E-state index contributed by atoms with van der Waals surface area (Å²) in [6, 6.07) is 8.11. The molecular formula is C30H30Cl2FN7O9S3. The normalized spacial score (nSPS) is 12.5. The van der Waals surface area contributed by atoms with Crippen molar-refractivity contribution in [3.05, 3.63) is 78.5 Å². The maximum absolute atomic E-state index is 14.3. The van der Waals surface area contributed by atoms with Gasteiger partial charge in [-0.3, -0.25) is 19.6 Å². The highest BCUT2D eigenvalue weighted by molar-refractivity contribution is 8.00. The van der Waals surface area contributed by atoms with Gasteiger partial charge < -0.3 is 14.2 Å². The summed E-state index contributed by atoms with van der Waals surface area (Å²) in [5, 5.41) is 2.30. The van der Waals surface area contributed by atoms with Crippen molar-refractivity contribution in [2.24, 2.45) is 4.99 Å². The molecule has 22 heteroatoms. The van der Waals surface area contributed by atoms with E-state index in [-0.39, 0.29) is 50.5 Å². The summed E-state index contributed by atoms with van der Waals surface area (Å²) < 4.78 is 58.7. The number of hydrogen-bond acceptors (Lipinski definition) is 14. The Morgan fingerprint density at radius 3 is 2.48 bits per heavy atom. The monoisotopic (exact) mass is 817 g/mol. The molecule has 0 radical (unpaired) electrons. The molecule has 0 saturated carbocycles. The summed E-state index contributed by atoms with van der Waals surface area (Å²) in [4.78, 5) is 59.6. The van der Waals surface area contributed by atoms with Gasteiger partial charge in [0.15, 0.2) is 0 Å². The number of carbonyl (C=O) groups is 3. The molecule has 2 N–H and O–H groups in total. The van der Waals surface area contributed by atoms with Crippen LogP contribution >= 0.6 is 46.3 Å². The zero-order valence-electron chi connectivity index (χ0n) is 27.6. The summed E-state index contributed by atoms with van der Waals surface area (Å²) >= 11 is 13.9. The Kier molecular flexibility index (Phi) is 14.2. The average molecular weight is 819 g/mol. The van der Waals surface area contributed by atoms with Crippen molar-refractivity contribution in [2.45, 2.75) is 42.6 Å². The number of rotatable bonds is 10. The number of fused-ring (bicyclic) bond motifs is 1. The Labute approximate surface area is 314 Å². The van der Waals surface area contributed by atoms with Crippen LogP contribution in [0.3, 0.4) is 0 Å². The van der Waals surface area contributed by atoms with Crippen molar-refractivity contribution in [1.29, 1.82) is 0 Å². The molecule has 1 aliphatic rings. The van der Waals surface area contributed by atoms with E-state index in [1.807, 2.05) is 0 Å². The topological polar surface area (TPSA) is 202 Å². The first-order chi connectivity index (χ1) is 24.8. The average Bonchev–Trinajstić information content (AvgIpc) is 3.43. The van der Waals surface area contributed by atoms with E-state index < -0.39 is 38.7 Å². The number of esters is 2. The molecule has 0 unspecified atom stereocenters. The Bertz CT molecular complexity index is 2210. The largest absolute Gasteiger partial charge is 0.481 e. The van der Waals surface area contributed by atoms with E-state index in [0.29, 0.717) is 22.8 Å². The van der Waals surface area contributed by atoms with Crippen LogP contribution in [-0.2, 0) is 37.4 Å². The molecule has 5 rings (SSSR count). The molecule has 0 aliphatic carbocycles. The van der Waals surface area contributed by atoms with E-state index in [0.717, 1.165) is 42.0 Å². The molecule has 52 heavy (non-hydrogen) atoms. The van der Waals surface area contributed by atoms with E-state index >= 15 is 0 Å². The smallest absolute Gasteiger partial charge is 0.339 e. The number of amides is 2. The number of aromatic nitrogens is 4. The van der Waals surface area contributed by atoms with Crippen LogP contribution < -0.4 is 24.5 Å². The van der Waals surface area contributed by atoms with E-state index in [2.05, 4.69) is 25.0 Å². The van der Waals surface area contributed by atoms with E-state index in [1.165, 1.54) is 50.6 Å². The number of nitrogens with zero attached hydrogens (tertiary/aromatic N) is 5. The number of anilines is 1. The molecule has 2 amide bonds. The molecule has 0 fully saturated rings. The first-order valence-electron chi connectivity index (χ1n) is 15.0. The quantitative estimate of drug-likeness (QED) is 0.128. The standard InChI is InChI=1S/C15H15ClFN3O3S2.C15H15ClN4O6S/c1-23-13(21)8-24-12-7-11(10(17)6-9(12)16)18-14-19-4-2-3-5-20(19)15(22)25-14;1-3-26-13(21)9-6-4-5-7-10(9)27(23,24)20-15(22)19-14-17-11(16)8-12(18-14)25-2/h6-7H,2-5,8H2,1H3;4-8H,3H2,1-2H3,(H2,17,18,19,20,22). The maximum atomic E-state index is 14.3. The van der Waals surface area contributed by atoms with Crippen LogP contribution in [0.1, 0.15) is 30.1 Å². The third-order valence-corrected chi connectivity index (χ3v) is 10.6. The summed E-state index contributed by atoms with van der Waals surface area (Å²) in [5.74, 6) is -1.96. The molecule has 2 aromatic heterocycles. The predicted octanol–water partition coefficient (Wildman–Crippen LogP) is 4.62. The Hall–Kier alpha value is -4.50. The van der Waals surface area contributed by atoms with E-state index in [4.69, 9.17) is 32.7 Å². The summed E-state index contributed by atoms with van der Waals surface area (Å²) in [5.41, 5.74) is -0.125. The van der Waals surface area contributed by atoms with Crippen LogP contribution in [0.4, 0.5) is 20.8 Å². The Balaban J connectivity index is 0.000000233. The maximum Gasteiger partial charge on any atom is 0.339 e. The molecule has 278 valence electrons. The molecular weight excluding hydrogens is 788 g/mol. The first-order valence-corrected chi connectivity index (χ1v) is 19.0. The number of methoxy groups -OCH3 is 2. The van der Waals surface area contributed by atoms with Gasteiger partial charge in [-0.15, -0.1) is 11.8 Å². The number of sulfonamides is 1. The van der Waals surface area contributed by atoms with Crippen molar-refractivity contribution in [1.82, 2.24) is 24.1 Å². The summed E-state index contributed by atoms with van der Waals surface area (Å²) in [7, 11) is -1.75. The number of nitrogens with one attached hydrogen (secondary N) is 2. The second kappa shape index (κ2) is 18.3. The molecule has 16 nitrogen and oxygen atoms in total. The van der Waals surface area contributed by atoms with Gasteiger partial charge in [-0.05, 0) is 55.4 Å². The minimum atomic E-state index is -4.38. The lowest BCUT2D eigenvalue weighted by Gasteiger charge is -2.15. The van der Waals surface area contributed by atoms with Crippen molar-refractivity contribution in [3.63, 3.8) is 0 Å². The minimum absolute atomic E-state index is 0.0207. The fraction of sp³-hybridized carbons (Fsp3) is 0.300. The number of halogens is 3. The zero-order valence-corrected chi connectivity index (χ0v) is 31.5. The van der Waals surface area contributed by atoms with Crippen LogP contribution in [-0.4, -0.2) is 72.3 Å². The fourth-order valence-electron chi connectivity index (χ4n) is 4.37. The first kappa shape index (κ1) is 40.3. The van der Waals surface area contributed by atoms with Gasteiger partial charge in [0.05, 0.1) is 37.2 Å². The highest BCUT2D eigenvalue weighted by atomic mass is 35.5. The van der Waals surface area contributed by atoms with Crippen LogP contribution in [0.5, 0.6) is 5.88 Å². The van der Waals surface area contributed by atoms with Crippen LogP contribution in [0.2, 0.25) is 10.2 Å². The molecule has 0 atom stereocenters. The predicted molar refractivity (Wildman–Crippen MR) is 191 cm³/mol. The van der Waals surface area contributed by atoms with Crippen molar-refractivity contribution in [3.8, 4) is 5.88 Å². The van der Waals surface area contributed by atoms with Gasteiger partial charge >= 0.3 is 22.8 Å². The third-order valence-electron chi connectivity index (χ3n) is 6.69. The number of hydrogen-bond donors (Lipinski definition) is 2. The number of carbonyl (C=O) groups excluding carboxylic acids is 3. The second-order valence-corrected chi connectivity index (χ2v) is 14.5. The SMILES string of the molecule is CCOC(=O)c1ccccc1S(=O)(=O)NC(=O)Nc1nc(Cl)cc(OC)n1.COC(=O)CSc1cc(N=c2sc(=O)n3n2CCCC3)c(F)cc1Cl. The Morgan fingerprint density at radius 2 is 1.79 bits per heavy atom. The summed E-state index contributed by atoms with van der Waals surface area (Å²) in [6.45, 7) is 2.97. The molecule has 0 bridgehead atoms. The molecule has 0 spiro atoms. The third kappa shape index (κ3) is 10.5. The van der Waals surface area contributed by atoms with Gasteiger partial charge in [-0.25, -0.2) is 41.8 Å². The molecule has 2 aromatic carbocycles. The van der Waals surface area contributed by atoms with Crippen LogP contribution in [0, 0.1) is 5.82 Å². The van der Waals surface area contributed by atoms with Gasteiger partial charge in [-0.1, -0.05) is 35.3 Å². The van der Waals surface area contributed by atoms with Crippen molar-refractivity contribution >= 4 is 85.9 Å². The van der Waals surface area contributed by atoms with Gasteiger partial charge in [0.25, 0.3) is 10.0 Å².